The van der Waals surface area contributed by atoms with Crippen molar-refractivity contribution in [1.29, 1.82) is 0 Å². The fourth-order valence-corrected chi connectivity index (χ4v) is 0. The Balaban J connectivity index is -0.0000000149. The molecule has 0 N–H and O–H groups in total. The van der Waals surface area contributed by atoms with Crippen molar-refractivity contribution in [3.05, 3.63) is 50.6 Å². The number of hydrogen-bond donors (Lipinski definition) is 0. The summed E-state index contributed by atoms with van der Waals surface area (Å²) in [7, 11) is 0. The van der Waals surface area contributed by atoms with Crippen molar-refractivity contribution in [1.82, 2.24) is 0 Å². The Hall–Kier alpha value is -1.04. The summed E-state index contributed by atoms with van der Waals surface area (Å²) < 4.78 is 0. The van der Waals surface area contributed by atoms with Crippen LogP contribution in [0.25, 0.3) is 0 Å². The molecule has 0 heterocycles. The van der Waals surface area contributed by atoms with E-state index in [2.05, 4.69) is 26.3 Å². The summed E-state index contributed by atoms with van der Waals surface area (Å²) in [5, 5.41) is 0. The van der Waals surface area contributed by atoms with Crippen molar-refractivity contribution < 1.29 is 0 Å². The summed E-state index contributed by atoms with van der Waals surface area (Å²) in [4.78, 5) is 0. The van der Waals surface area contributed by atoms with E-state index < -0.39 is 0 Å². The maximum atomic E-state index is 3.36. The standard InChI is InChI=1S/C4H8.2C3H6.C2H4.2CH4/c1-3-4-2;2*1-3-2;1-2;;/h3-4H,1-2H3;2*3H,1H2,2H3;1-2H2;2*1H4/b4-3+;;;;;. The van der Waals surface area contributed by atoms with Crippen molar-refractivity contribution in [2.24, 2.45) is 0 Å². The summed E-state index contributed by atoms with van der Waals surface area (Å²) in [6.45, 7) is 20.5. The van der Waals surface area contributed by atoms with Crippen LogP contribution in [0.3, 0.4) is 0 Å². The largest absolute Gasteiger partial charge is 0.106 e. The van der Waals surface area contributed by atoms with Crippen LogP contribution in [-0.4, -0.2) is 0 Å². The SMILES string of the molecule is C.C.C/C=C/C.C=C.C=CC.C=CC. The second kappa shape index (κ2) is 164. The normalized spacial score (nSPS) is 4.86. The molecule has 0 aliphatic rings. The van der Waals surface area contributed by atoms with Crippen LogP contribution in [0.2, 0.25) is 0 Å². The smallest absolute Gasteiger partial charge is 0.0470 e. The zero-order valence-corrected chi connectivity index (χ0v) is 9.14. The first-order valence-electron chi connectivity index (χ1n) is 3.96. The Labute approximate surface area is 93.8 Å². The van der Waals surface area contributed by atoms with Gasteiger partial charge < -0.3 is 0 Å². The highest BCUT2D eigenvalue weighted by molar-refractivity contribution is 4.68. The molecule has 0 aromatic heterocycles. The molecule has 0 spiro atoms. The zero-order chi connectivity index (χ0) is 10.8. The molecule has 0 aromatic rings. The summed E-state index contributed by atoms with van der Waals surface area (Å²) in [6.07, 6.45) is 7.50. The minimum atomic E-state index is 0. The van der Waals surface area contributed by atoms with Gasteiger partial charge in [-0.25, -0.2) is 0 Å². The first-order valence-corrected chi connectivity index (χ1v) is 3.96. The maximum Gasteiger partial charge on any atom is -0.0470 e. The molecule has 0 unspecified atom stereocenters. The minimum Gasteiger partial charge on any atom is -0.106 e. The van der Waals surface area contributed by atoms with Gasteiger partial charge in [0.15, 0.2) is 0 Å². The molecular weight excluding hydrogens is 168 g/mol. The fourth-order valence-electron chi connectivity index (χ4n) is 0. The number of allylic oxidation sites excluding steroid dienone is 4. The maximum absolute atomic E-state index is 3.36. The Kier molecular flexibility index (Phi) is 448. The molecule has 0 heteroatoms. The van der Waals surface area contributed by atoms with E-state index in [9.17, 15) is 0 Å². The third-order valence-corrected chi connectivity index (χ3v) is 0.333. The van der Waals surface area contributed by atoms with Crippen molar-refractivity contribution in [3.63, 3.8) is 0 Å². The summed E-state index contributed by atoms with van der Waals surface area (Å²) in [5.41, 5.74) is 0. The van der Waals surface area contributed by atoms with Crippen LogP contribution in [0.4, 0.5) is 0 Å². The average molecular weight is 200 g/mol. The fraction of sp³-hybridized carbons (Fsp3) is 0.429. The molecule has 0 bridgehead atoms. The lowest BCUT2D eigenvalue weighted by atomic mass is 10.6. The summed E-state index contributed by atoms with van der Waals surface area (Å²) in [5.74, 6) is 0. The van der Waals surface area contributed by atoms with Crippen LogP contribution in [0, 0.1) is 0 Å². The topological polar surface area (TPSA) is 0 Å². The third-order valence-electron chi connectivity index (χ3n) is 0.333. The lowest BCUT2D eigenvalue weighted by Gasteiger charge is -1.49. The molecular formula is C14H32. The van der Waals surface area contributed by atoms with E-state index in [0.29, 0.717) is 0 Å². The lowest BCUT2D eigenvalue weighted by Crippen LogP contribution is -1.26. The Morgan fingerprint density at radius 1 is 0.643 bits per heavy atom. The van der Waals surface area contributed by atoms with Gasteiger partial charge in [-0.3, -0.25) is 0 Å². The predicted molar refractivity (Wildman–Crippen MR) is 76.9 cm³/mol. The quantitative estimate of drug-likeness (QED) is 0.418. The van der Waals surface area contributed by atoms with Gasteiger partial charge in [-0.05, 0) is 27.7 Å². The van der Waals surface area contributed by atoms with Crippen LogP contribution < -0.4 is 0 Å². The van der Waals surface area contributed by atoms with Gasteiger partial charge in [0.2, 0.25) is 0 Å². The summed E-state index contributed by atoms with van der Waals surface area (Å²) >= 11 is 0. The lowest BCUT2D eigenvalue weighted by molar-refractivity contribution is 1.64. The first-order chi connectivity index (χ1) is 5.74. The molecule has 0 nitrogen and oxygen atoms in total. The van der Waals surface area contributed by atoms with Gasteiger partial charge >= 0.3 is 0 Å². The monoisotopic (exact) mass is 200 g/mol. The molecule has 0 amide bonds. The second-order valence-electron chi connectivity index (χ2n) is 1.48. The molecule has 0 aromatic carbocycles. The van der Waals surface area contributed by atoms with Crippen LogP contribution in [0.15, 0.2) is 50.6 Å². The molecule has 0 saturated carbocycles. The van der Waals surface area contributed by atoms with Gasteiger partial charge in [0.1, 0.15) is 0 Å². The molecule has 88 valence electrons. The molecule has 0 saturated heterocycles. The molecule has 0 rings (SSSR count). The molecule has 0 fully saturated rings. The van der Waals surface area contributed by atoms with Gasteiger partial charge in [0.05, 0.1) is 0 Å². The molecule has 0 radical (unpaired) electrons. The average Bonchev–Trinajstić information content (AvgIpc) is 2.10. The van der Waals surface area contributed by atoms with Gasteiger partial charge in [-0.2, -0.15) is 0 Å². The predicted octanol–water partition coefficient (Wildman–Crippen LogP) is 6.04. The van der Waals surface area contributed by atoms with Gasteiger partial charge in [-0.15, -0.1) is 26.3 Å². The highest BCUT2D eigenvalue weighted by Crippen LogP contribution is 1.57. The third kappa shape index (κ3) is 680000. The summed E-state index contributed by atoms with van der Waals surface area (Å²) in [6, 6.07) is 0. The van der Waals surface area contributed by atoms with E-state index in [-0.39, 0.29) is 14.9 Å². The van der Waals surface area contributed by atoms with Crippen LogP contribution in [0.1, 0.15) is 42.5 Å². The van der Waals surface area contributed by atoms with E-state index >= 15 is 0 Å². The van der Waals surface area contributed by atoms with Crippen LogP contribution >= 0.6 is 0 Å². The molecule has 14 heavy (non-hydrogen) atoms. The van der Waals surface area contributed by atoms with Gasteiger partial charge in [0.25, 0.3) is 0 Å². The van der Waals surface area contributed by atoms with E-state index in [1.54, 1.807) is 12.2 Å². The van der Waals surface area contributed by atoms with Crippen molar-refractivity contribution >= 4 is 0 Å². The highest BCUT2D eigenvalue weighted by atomic mass is 13.4. The number of rotatable bonds is 0. The van der Waals surface area contributed by atoms with Gasteiger partial charge in [0, 0.05) is 0 Å². The Morgan fingerprint density at radius 2 is 0.714 bits per heavy atom. The zero-order valence-electron chi connectivity index (χ0n) is 9.14. The Morgan fingerprint density at radius 3 is 0.714 bits per heavy atom. The minimum absolute atomic E-state index is 0. The highest BCUT2D eigenvalue weighted by Gasteiger charge is 1.34. The second-order valence-corrected chi connectivity index (χ2v) is 1.48. The van der Waals surface area contributed by atoms with Crippen LogP contribution in [-0.2, 0) is 0 Å². The van der Waals surface area contributed by atoms with E-state index in [1.165, 1.54) is 0 Å². The molecule has 0 aliphatic carbocycles. The van der Waals surface area contributed by atoms with E-state index in [1.807, 2.05) is 39.8 Å². The van der Waals surface area contributed by atoms with E-state index in [0.717, 1.165) is 0 Å². The molecule has 0 atom stereocenters. The van der Waals surface area contributed by atoms with Gasteiger partial charge in [-0.1, -0.05) is 39.2 Å². The van der Waals surface area contributed by atoms with Crippen LogP contribution in [0.5, 0.6) is 0 Å². The van der Waals surface area contributed by atoms with Crippen molar-refractivity contribution in [2.45, 2.75) is 42.5 Å². The van der Waals surface area contributed by atoms with Crippen molar-refractivity contribution in [2.75, 3.05) is 0 Å². The van der Waals surface area contributed by atoms with Crippen molar-refractivity contribution in [3.8, 4) is 0 Å². The first kappa shape index (κ1) is 38.3. The molecule has 0 aliphatic heterocycles. The Bertz CT molecular complexity index is 68.0. The van der Waals surface area contributed by atoms with E-state index in [4.69, 9.17) is 0 Å². The number of hydrogen-bond acceptors (Lipinski definition) is 0.